The van der Waals surface area contributed by atoms with Crippen LogP contribution in [-0.2, 0) is 12.8 Å². The number of nitrogens with zero attached hydrogens (tertiary/aromatic N) is 2. The Hall–Kier alpha value is -2.03. The first kappa shape index (κ1) is 13.4. The minimum atomic E-state index is 0.0924. The van der Waals surface area contributed by atoms with E-state index in [9.17, 15) is 4.79 Å². The molecule has 0 saturated carbocycles. The molecule has 0 unspecified atom stereocenters. The van der Waals surface area contributed by atoms with Crippen LogP contribution in [0.2, 0.25) is 0 Å². The lowest BCUT2D eigenvalue weighted by atomic mass is 9.99. The zero-order valence-electron chi connectivity index (χ0n) is 11.3. The van der Waals surface area contributed by atoms with E-state index in [-0.39, 0.29) is 5.78 Å². The Morgan fingerprint density at radius 3 is 2.47 bits per heavy atom. The summed E-state index contributed by atoms with van der Waals surface area (Å²) in [6, 6.07) is 9.65. The highest BCUT2D eigenvalue weighted by molar-refractivity contribution is 5.97. The average molecular weight is 254 g/mol. The van der Waals surface area contributed by atoms with Crippen LogP contribution in [0.25, 0.3) is 0 Å². The molecule has 1 heterocycles. The molecule has 98 valence electrons. The zero-order chi connectivity index (χ0) is 13.7. The van der Waals surface area contributed by atoms with Crippen molar-refractivity contribution in [1.29, 1.82) is 0 Å². The lowest BCUT2D eigenvalue weighted by Crippen LogP contribution is -2.05. The predicted molar refractivity (Wildman–Crippen MR) is 75.1 cm³/mol. The molecule has 0 fully saturated rings. The number of hydrogen-bond donors (Lipinski definition) is 0. The minimum absolute atomic E-state index is 0.0924. The van der Waals surface area contributed by atoms with Crippen molar-refractivity contribution in [2.24, 2.45) is 5.92 Å². The lowest BCUT2D eigenvalue weighted by molar-refractivity contribution is 0.0992. The Bertz CT molecular complexity index is 532. The van der Waals surface area contributed by atoms with Crippen molar-refractivity contribution < 1.29 is 4.79 Å². The average Bonchev–Trinajstić information content (AvgIpc) is 2.40. The van der Waals surface area contributed by atoms with Gasteiger partial charge in [-0.3, -0.25) is 4.79 Å². The molecule has 0 N–H and O–H groups in total. The van der Waals surface area contributed by atoms with Crippen molar-refractivity contribution >= 4 is 5.78 Å². The van der Waals surface area contributed by atoms with E-state index in [4.69, 9.17) is 0 Å². The number of aromatic nitrogens is 2. The van der Waals surface area contributed by atoms with Gasteiger partial charge in [0.1, 0.15) is 6.33 Å². The van der Waals surface area contributed by atoms with Crippen LogP contribution < -0.4 is 0 Å². The maximum atomic E-state index is 12.1. The molecule has 0 spiro atoms. The Morgan fingerprint density at radius 2 is 1.89 bits per heavy atom. The summed E-state index contributed by atoms with van der Waals surface area (Å²) in [4.78, 5) is 20.0. The van der Waals surface area contributed by atoms with E-state index in [1.807, 2.05) is 24.3 Å². The van der Waals surface area contributed by atoms with Crippen LogP contribution >= 0.6 is 0 Å². The summed E-state index contributed by atoms with van der Waals surface area (Å²) in [6.07, 6.45) is 4.49. The van der Waals surface area contributed by atoms with Gasteiger partial charge in [-0.05, 0) is 24.0 Å². The Morgan fingerprint density at radius 1 is 1.16 bits per heavy atom. The monoisotopic (exact) mass is 254 g/mol. The molecule has 0 aliphatic carbocycles. The van der Waals surface area contributed by atoms with Gasteiger partial charge in [0.25, 0.3) is 0 Å². The fourth-order valence-electron chi connectivity index (χ4n) is 1.99. The molecule has 0 radical (unpaired) electrons. The molecule has 19 heavy (non-hydrogen) atoms. The number of carbonyl (C=O) groups excluding carboxylic acids is 1. The van der Waals surface area contributed by atoms with E-state index in [0.29, 0.717) is 12.3 Å². The maximum absolute atomic E-state index is 12.1. The molecule has 1 aromatic heterocycles. The lowest BCUT2D eigenvalue weighted by Gasteiger charge is -2.06. The van der Waals surface area contributed by atoms with E-state index < -0.39 is 0 Å². The Balaban J connectivity index is 2.04. The quantitative estimate of drug-likeness (QED) is 0.770. The largest absolute Gasteiger partial charge is 0.294 e. The second-order valence-electron chi connectivity index (χ2n) is 5.10. The van der Waals surface area contributed by atoms with Crippen LogP contribution in [0.4, 0.5) is 0 Å². The summed E-state index contributed by atoms with van der Waals surface area (Å²) in [5.74, 6) is 0.720. The topological polar surface area (TPSA) is 42.9 Å². The first-order valence-electron chi connectivity index (χ1n) is 6.52. The Kier molecular flexibility index (Phi) is 4.39. The summed E-state index contributed by atoms with van der Waals surface area (Å²) in [7, 11) is 0. The van der Waals surface area contributed by atoms with E-state index in [1.54, 1.807) is 12.3 Å². The molecule has 2 rings (SSSR count). The smallest absolute Gasteiger partial charge is 0.168 e. The number of benzene rings is 1. The van der Waals surface area contributed by atoms with Gasteiger partial charge in [-0.2, -0.15) is 0 Å². The molecule has 3 heteroatoms. The molecule has 1 aromatic carbocycles. The predicted octanol–water partition coefficient (Wildman–Crippen LogP) is 3.10. The van der Waals surface area contributed by atoms with Gasteiger partial charge in [0.2, 0.25) is 0 Å². The van der Waals surface area contributed by atoms with E-state index in [2.05, 4.69) is 23.8 Å². The first-order valence-corrected chi connectivity index (χ1v) is 6.52. The summed E-state index contributed by atoms with van der Waals surface area (Å²) >= 11 is 0. The number of rotatable bonds is 5. The van der Waals surface area contributed by atoms with Gasteiger partial charge in [-0.25, -0.2) is 9.97 Å². The van der Waals surface area contributed by atoms with E-state index >= 15 is 0 Å². The minimum Gasteiger partial charge on any atom is -0.294 e. The molecule has 2 aromatic rings. The molecule has 0 saturated heterocycles. The van der Waals surface area contributed by atoms with Gasteiger partial charge in [0, 0.05) is 11.8 Å². The third-order valence-electron chi connectivity index (χ3n) is 2.90. The van der Waals surface area contributed by atoms with Crippen LogP contribution in [-0.4, -0.2) is 15.8 Å². The van der Waals surface area contributed by atoms with E-state index in [1.165, 1.54) is 11.9 Å². The summed E-state index contributed by atoms with van der Waals surface area (Å²) < 4.78 is 0. The van der Waals surface area contributed by atoms with E-state index in [0.717, 1.165) is 17.7 Å². The summed E-state index contributed by atoms with van der Waals surface area (Å²) in [5.41, 5.74) is 2.77. The molecule has 3 nitrogen and oxygen atoms in total. The molecule has 0 aliphatic rings. The highest BCUT2D eigenvalue weighted by Gasteiger charge is 2.08. The number of ketones is 1. The van der Waals surface area contributed by atoms with Gasteiger partial charge in [-0.1, -0.05) is 38.1 Å². The SMILES string of the molecule is CC(C)Cc1ccc(C(=O)Cc2ccncn2)cc1. The Labute approximate surface area is 113 Å². The van der Waals surface area contributed by atoms with Crippen molar-refractivity contribution in [2.45, 2.75) is 26.7 Å². The summed E-state index contributed by atoms with van der Waals surface area (Å²) in [6.45, 7) is 4.38. The van der Waals surface area contributed by atoms with Crippen LogP contribution in [0, 0.1) is 5.92 Å². The first-order chi connectivity index (χ1) is 9.15. The van der Waals surface area contributed by atoms with Gasteiger partial charge >= 0.3 is 0 Å². The zero-order valence-corrected chi connectivity index (χ0v) is 11.3. The normalized spacial score (nSPS) is 10.7. The second-order valence-corrected chi connectivity index (χ2v) is 5.10. The van der Waals surface area contributed by atoms with Crippen molar-refractivity contribution in [1.82, 2.24) is 9.97 Å². The standard InChI is InChI=1S/C16H18N2O/c1-12(2)9-13-3-5-14(6-4-13)16(19)10-15-7-8-17-11-18-15/h3-8,11-12H,9-10H2,1-2H3. The van der Waals surface area contributed by atoms with Crippen molar-refractivity contribution in [3.05, 3.63) is 59.7 Å². The number of carbonyl (C=O) groups is 1. The fourth-order valence-corrected chi connectivity index (χ4v) is 1.99. The van der Waals surface area contributed by atoms with Gasteiger partial charge in [0.15, 0.2) is 5.78 Å². The molecule has 0 atom stereocenters. The molecular formula is C16H18N2O. The van der Waals surface area contributed by atoms with Crippen molar-refractivity contribution in [3.63, 3.8) is 0 Å². The summed E-state index contributed by atoms with van der Waals surface area (Å²) in [5, 5.41) is 0. The highest BCUT2D eigenvalue weighted by Crippen LogP contribution is 2.11. The number of Topliss-reactive ketones (excluding diaryl/α,β-unsaturated/α-hetero) is 1. The fraction of sp³-hybridized carbons (Fsp3) is 0.312. The molecule has 0 amide bonds. The van der Waals surface area contributed by atoms with Gasteiger partial charge in [-0.15, -0.1) is 0 Å². The molecule has 0 bridgehead atoms. The van der Waals surface area contributed by atoms with Gasteiger partial charge < -0.3 is 0 Å². The third-order valence-corrected chi connectivity index (χ3v) is 2.90. The van der Waals surface area contributed by atoms with Crippen molar-refractivity contribution in [3.8, 4) is 0 Å². The van der Waals surface area contributed by atoms with Crippen LogP contribution in [0.15, 0.2) is 42.9 Å². The van der Waals surface area contributed by atoms with Crippen LogP contribution in [0.1, 0.15) is 35.5 Å². The number of hydrogen-bond acceptors (Lipinski definition) is 3. The molecule has 0 aliphatic heterocycles. The maximum Gasteiger partial charge on any atom is 0.168 e. The third kappa shape index (κ3) is 3.98. The van der Waals surface area contributed by atoms with Crippen molar-refractivity contribution in [2.75, 3.05) is 0 Å². The van der Waals surface area contributed by atoms with Crippen LogP contribution in [0.3, 0.4) is 0 Å². The van der Waals surface area contributed by atoms with Crippen LogP contribution in [0.5, 0.6) is 0 Å². The molecular weight excluding hydrogens is 236 g/mol. The second kappa shape index (κ2) is 6.23. The van der Waals surface area contributed by atoms with Gasteiger partial charge in [0.05, 0.1) is 12.1 Å². The highest BCUT2D eigenvalue weighted by atomic mass is 16.1.